The molecule has 3 rings (SSSR count). The molecular weight excluding hydrogens is 322 g/mol. The van der Waals surface area contributed by atoms with Crippen LogP contribution in [-0.4, -0.2) is 15.4 Å². The summed E-state index contributed by atoms with van der Waals surface area (Å²) in [5.41, 5.74) is -0.246. The third-order valence-electron chi connectivity index (χ3n) is 3.93. The van der Waals surface area contributed by atoms with E-state index in [2.05, 4.69) is 5.32 Å². The Kier molecular flexibility index (Phi) is 4.30. The van der Waals surface area contributed by atoms with Gasteiger partial charge in [0.1, 0.15) is 6.54 Å². The number of nitro groups is 1. The van der Waals surface area contributed by atoms with Crippen molar-refractivity contribution in [3.63, 3.8) is 0 Å². The Morgan fingerprint density at radius 3 is 2.60 bits per heavy atom. The summed E-state index contributed by atoms with van der Waals surface area (Å²) in [7, 11) is 0. The molecule has 1 amide bonds. The predicted octanol–water partition coefficient (Wildman–Crippen LogP) is 2.86. The van der Waals surface area contributed by atoms with E-state index in [9.17, 15) is 19.7 Å². The molecule has 7 heteroatoms. The molecule has 7 nitrogen and oxygen atoms in total. The molecule has 0 atom stereocenters. The molecule has 25 heavy (non-hydrogen) atoms. The van der Waals surface area contributed by atoms with Crippen LogP contribution in [0.1, 0.15) is 5.69 Å². The lowest BCUT2D eigenvalue weighted by molar-refractivity contribution is -0.386. The molecule has 1 N–H and O–H groups in total. The van der Waals surface area contributed by atoms with Crippen LogP contribution in [0.25, 0.3) is 10.8 Å². The summed E-state index contributed by atoms with van der Waals surface area (Å²) in [6, 6.07) is 15.7. The molecule has 0 fully saturated rings. The maximum absolute atomic E-state index is 12.4. The van der Waals surface area contributed by atoms with E-state index in [0.717, 1.165) is 21.4 Å². The Labute approximate surface area is 142 Å². The minimum Gasteiger partial charge on any atom is -0.324 e. The van der Waals surface area contributed by atoms with E-state index >= 15 is 0 Å². The average Bonchev–Trinajstić information content (AvgIpc) is 2.58. The topological polar surface area (TPSA) is 94.2 Å². The van der Waals surface area contributed by atoms with Gasteiger partial charge in [0, 0.05) is 22.8 Å². The molecule has 0 saturated heterocycles. The maximum Gasteiger partial charge on any atom is 0.334 e. The highest BCUT2D eigenvalue weighted by molar-refractivity contribution is 6.02. The van der Waals surface area contributed by atoms with Gasteiger partial charge in [0.15, 0.2) is 0 Å². The minimum atomic E-state index is -0.793. The van der Waals surface area contributed by atoms with Crippen LogP contribution in [0.3, 0.4) is 0 Å². The smallest absolute Gasteiger partial charge is 0.324 e. The van der Waals surface area contributed by atoms with Crippen LogP contribution in [-0.2, 0) is 11.3 Å². The van der Waals surface area contributed by atoms with Crippen LogP contribution in [0, 0.1) is 17.0 Å². The lowest BCUT2D eigenvalue weighted by atomic mass is 10.1. The summed E-state index contributed by atoms with van der Waals surface area (Å²) in [4.78, 5) is 34.7. The van der Waals surface area contributed by atoms with Crippen molar-refractivity contribution in [2.75, 3.05) is 5.32 Å². The van der Waals surface area contributed by atoms with Crippen LogP contribution in [0.5, 0.6) is 0 Å². The van der Waals surface area contributed by atoms with Gasteiger partial charge in [0.2, 0.25) is 5.91 Å². The number of aryl methyl sites for hydroxylation is 1. The van der Waals surface area contributed by atoms with Crippen molar-refractivity contribution in [2.24, 2.45) is 0 Å². The first-order valence-corrected chi connectivity index (χ1v) is 7.60. The van der Waals surface area contributed by atoms with Crippen molar-refractivity contribution >= 4 is 28.1 Å². The lowest BCUT2D eigenvalue weighted by Crippen LogP contribution is -2.30. The zero-order valence-electron chi connectivity index (χ0n) is 13.4. The zero-order valence-corrected chi connectivity index (χ0v) is 13.4. The number of carbonyl (C=O) groups excluding carboxylic acids is 1. The number of fused-ring (bicyclic) bond motifs is 1. The number of amides is 1. The first-order chi connectivity index (χ1) is 12.0. The largest absolute Gasteiger partial charge is 0.334 e. The Morgan fingerprint density at radius 1 is 1.12 bits per heavy atom. The van der Waals surface area contributed by atoms with E-state index in [1.54, 1.807) is 13.0 Å². The molecule has 0 unspecified atom stereocenters. The monoisotopic (exact) mass is 337 g/mol. The number of aromatic nitrogens is 1. The number of rotatable bonds is 4. The first-order valence-electron chi connectivity index (χ1n) is 7.60. The van der Waals surface area contributed by atoms with Gasteiger partial charge in [-0.25, -0.2) is 0 Å². The van der Waals surface area contributed by atoms with E-state index in [4.69, 9.17) is 0 Å². The summed E-state index contributed by atoms with van der Waals surface area (Å²) in [5.74, 6) is -0.429. The van der Waals surface area contributed by atoms with Crippen LogP contribution in [0.2, 0.25) is 0 Å². The Bertz CT molecular complexity index is 1030. The summed E-state index contributed by atoms with van der Waals surface area (Å²) in [6.07, 6.45) is 0. The summed E-state index contributed by atoms with van der Waals surface area (Å²) >= 11 is 0. The van der Waals surface area contributed by atoms with Gasteiger partial charge in [-0.3, -0.25) is 24.3 Å². The Balaban J connectivity index is 1.90. The van der Waals surface area contributed by atoms with Gasteiger partial charge in [0.25, 0.3) is 0 Å². The van der Waals surface area contributed by atoms with Gasteiger partial charge in [-0.15, -0.1) is 0 Å². The fraction of sp³-hybridized carbons (Fsp3) is 0.111. The molecule has 126 valence electrons. The van der Waals surface area contributed by atoms with Crippen molar-refractivity contribution in [1.29, 1.82) is 0 Å². The first kappa shape index (κ1) is 16.4. The minimum absolute atomic E-state index is 0.296. The SMILES string of the molecule is Cc1ccc([N+](=O)[O-])c(=O)n1CC(=O)Nc1cccc2ccccc12. The van der Waals surface area contributed by atoms with Crippen LogP contribution in [0.4, 0.5) is 11.4 Å². The van der Waals surface area contributed by atoms with Gasteiger partial charge < -0.3 is 5.32 Å². The second-order valence-electron chi connectivity index (χ2n) is 5.58. The van der Waals surface area contributed by atoms with E-state index in [1.165, 1.54) is 6.07 Å². The van der Waals surface area contributed by atoms with Gasteiger partial charge in [0.05, 0.1) is 4.92 Å². The molecule has 0 bridgehead atoms. The molecule has 0 aliphatic rings. The third-order valence-corrected chi connectivity index (χ3v) is 3.93. The second kappa shape index (κ2) is 6.56. The molecule has 3 aromatic rings. The Morgan fingerprint density at radius 2 is 1.84 bits per heavy atom. The lowest BCUT2D eigenvalue weighted by Gasteiger charge is -2.11. The molecule has 0 saturated carbocycles. The molecule has 0 aliphatic heterocycles. The number of anilines is 1. The number of nitrogens with one attached hydrogen (secondary N) is 1. The number of nitrogens with zero attached hydrogens (tertiary/aromatic N) is 2. The molecule has 0 aliphatic carbocycles. The van der Waals surface area contributed by atoms with Crippen molar-refractivity contribution in [1.82, 2.24) is 4.57 Å². The fourth-order valence-electron chi connectivity index (χ4n) is 2.66. The van der Waals surface area contributed by atoms with Gasteiger partial charge in [-0.2, -0.15) is 0 Å². The number of pyridine rings is 1. The fourth-order valence-corrected chi connectivity index (χ4v) is 2.66. The third kappa shape index (κ3) is 3.25. The quantitative estimate of drug-likeness (QED) is 0.585. The number of hydrogen-bond donors (Lipinski definition) is 1. The van der Waals surface area contributed by atoms with Crippen LogP contribution >= 0.6 is 0 Å². The number of benzene rings is 2. The molecule has 0 radical (unpaired) electrons. The highest BCUT2D eigenvalue weighted by Gasteiger charge is 2.17. The highest BCUT2D eigenvalue weighted by Crippen LogP contribution is 2.22. The standard InChI is InChI=1S/C18H15N3O4/c1-12-9-10-16(21(24)25)18(23)20(12)11-17(22)19-15-8-4-6-13-5-2-3-7-14(13)15/h2-10H,11H2,1H3,(H,19,22). The van der Waals surface area contributed by atoms with Crippen molar-refractivity contribution in [3.8, 4) is 0 Å². The normalized spacial score (nSPS) is 10.6. The van der Waals surface area contributed by atoms with Gasteiger partial charge >= 0.3 is 11.2 Å². The van der Waals surface area contributed by atoms with Crippen LogP contribution < -0.4 is 10.9 Å². The van der Waals surface area contributed by atoms with Crippen molar-refractivity contribution in [3.05, 3.63) is 80.8 Å². The molecule has 0 spiro atoms. The average molecular weight is 337 g/mol. The summed E-state index contributed by atoms with van der Waals surface area (Å²) in [5, 5.41) is 15.5. The summed E-state index contributed by atoms with van der Waals surface area (Å²) in [6.45, 7) is 1.33. The zero-order chi connectivity index (χ0) is 18.0. The number of carbonyl (C=O) groups is 1. The number of hydrogen-bond acceptors (Lipinski definition) is 4. The predicted molar refractivity (Wildman–Crippen MR) is 94.7 cm³/mol. The highest BCUT2D eigenvalue weighted by atomic mass is 16.6. The molecule has 1 aromatic heterocycles. The van der Waals surface area contributed by atoms with Crippen molar-refractivity contribution in [2.45, 2.75) is 13.5 Å². The van der Waals surface area contributed by atoms with E-state index < -0.39 is 22.1 Å². The Hall–Kier alpha value is -3.48. The summed E-state index contributed by atoms with van der Waals surface area (Å²) < 4.78 is 1.10. The van der Waals surface area contributed by atoms with E-state index in [-0.39, 0.29) is 6.54 Å². The van der Waals surface area contributed by atoms with Crippen LogP contribution in [0.15, 0.2) is 59.4 Å². The second-order valence-corrected chi connectivity index (χ2v) is 5.58. The van der Waals surface area contributed by atoms with Crippen molar-refractivity contribution < 1.29 is 9.72 Å². The molecule has 2 aromatic carbocycles. The molecule has 1 heterocycles. The van der Waals surface area contributed by atoms with Gasteiger partial charge in [-0.1, -0.05) is 36.4 Å². The maximum atomic E-state index is 12.4. The van der Waals surface area contributed by atoms with E-state index in [1.807, 2.05) is 36.4 Å². The molecular formula is C18H15N3O4. The van der Waals surface area contributed by atoms with Gasteiger partial charge in [-0.05, 0) is 24.4 Å². The van der Waals surface area contributed by atoms with E-state index in [0.29, 0.717) is 11.4 Å².